The molecule has 2 N–H and O–H groups in total. The van der Waals surface area contributed by atoms with Gasteiger partial charge in [0.15, 0.2) is 0 Å². The molecule has 2 heterocycles. The summed E-state index contributed by atoms with van der Waals surface area (Å²) in [6.45, 7) is 4.88. The van der Waals surface area contributed by atoms with Crippen LogP contribution in [0.25, 0.3) is 0 Å². The SMILES string of the molecule is NC1CC(=O)N(Cc2ccc(CN3CCCC3)cc2)C1. The van der Waals surface area contributed by atoms with E-state index in [-0.39, 0.29) is 11.9 Å². The summed E-state index contributed by atoms with van der Waals surface area (Å²) in [5.41, 5.74) is 8.37. The van der Waals surface area contributed by atoms with Gasteiger partial charge >= 0.3 is 0 Å². The largest absolute Gasteiger partial charge is 0.337 e. The van der Waals surface area contributed by atoms with Crippen LogP contribution in [0.5, 0.6) is 0 Å². The molecule has 1 amide bonds. The number of hydrogen-bond acceptors (Lipinski definition) is 3. The number of carbonyl (C=O) groups is 1. The van der Waals surface area contributed by atoms with E-state index in [2.05, 4.69) is 29.2 Å². The first kappa shape index (κ1) is 13.6. The molecule has 2 aliphatic heterocycles. The standard InChI is InChI=1S/C16H23N3O/c17-15-9-16(20)19(12-15)11-14-5-3-13(4-6-14)10-18-7-1-2-8-18/h3-6,15H,1-2,7-12,17H2. The first-order valence-corrected chi connectivity index (χ1v) is 7.54. The molecule has 0 bridgehead atoms. The summed E-state index contributed by atoms with van der Waals surface area (Å²) >= 11 is 0. The van der Waals surface area contributed by atoms with Crippen LogP contribution in [0.15, 0.2) is 24.3 Å². The van der Waals surface area contributed by atoms with Gasteiger partial charge in [0.2, 0.25) is 5.91 Å². The van der Waals surface area contributed by atoms with Crippen LogP contribution in [0, 0.1) is 0 Å². The molecule has 1 aromatic carbocycles. The van der Waals surface area contributed by atoms with E-state index in [4.69, 9.17) is 5.73 Å². The van der Waals surface area contributed by atoms with Crippen LogP contribution in [-0.4, -0.2) is 41.4 Å². The lowest BCUT2D eigenvalue weighted by Gasteiger charge is -2.17. The number of likely N-dealkylation sites (tertiary alicyclic amines) is 2. The Morgan fingerprint density at radius 1 is 1.05 bits per heavy atom. The van der Waals surface area contributed by atoms with E-state index in [0.29, 0.717) is 19.5 Å². The molecule has 0 spiro atoms. The summed E-state index contributed by atoms with van der Waals surface area (Å²) in [5.74, 6) is 0.179. The van der Waals surface area contributed by atoms with Crippen molar-refractivity contribution in [2.75, 3.05) is 19.6 Å². The molecule has 2 aliphatic rings. The van der Waals surface area contributed by atoms with Gasteiger partial charge in [-0.2, -0.15) is 0 Å². The van der Waals surface area contributed by atoms with Gasteiger partial charge in [-0.1, -0.05) is 24.3 Å². The summed E-state index contributed by atoms with van der Waals surface area (Å²) in [5, 5.41) is 0. The highest BCUT2D eigenvalue weighted by Gasteiger charge is 2.26. The van der Waals surface area contributed by atoms with Crippen LogP contribution >= 0.6 is 0 Å². The van der Waals surface area contributed by atoms with Gasteiger partial charge in [0.05, 0.1) is 0 Å². The molecule has 4 heteroatoms. The lowest BCUT2D eigenvalue weighted by molar-refractivity contribution is -0.128. The number of benzene rings is 1. The van der Waals surface area contributed by atoms with Crippen molar-refractivity contribution in [1.82, 2.24) is 9.80 Å². The van der Waals surface area contributed by atoms with Crippen LogP contribution in [-0.2, 0) is 17.9 Å². The molecule has 20 heavy (non-hydrogen) atoms. The van der Waals surface area contributed by atoms with Gasteiger partial charge in [0, 0.05) is 32.1 Å². The third-order valence-corrected chi connectivity index (χ3v) is 4.25. The second kappa shape index (κ2) is 5.94. The molecule has 0 saturated carbocycles. The van der Waals surface area contributed by atoms with Gasteiger partial charge in [0.1, 0.15) is 0 Å². The minimum absolute atomic E-state index is 0.0111. The monoisotopic (exact) mass is 273 g/mol. The molecule has 3 rings (SSSR count). The van der Waals surface area contributed by atoms with Gasteiger partial charge in [0.25, 0.3) is 0 Å². The zero-order valence-corrected chi connectivity index (χ0v) is 11.9. The summed E-state index contributed by atoms with van der Waals surface area (Å²) in [6.07, 6.45) is 3.15. The maximum Gasteiger partial charge on any atom is 0.224 e. The molecule has 1 aromatic rings. The Bertz CT molecular complexity index is 465. The van der Waals surface area contributed by atoms with Crippen LogP contribution < -0.4 is 5.73 Å². The van der Waals surface area contributed by atoms with E-state index in [0.717, 1.165) is 6.54 Å². The number of hydrogen-bond donors (Lipinski definition) is 1. The van der Waals surface area contributed by atoms with Gasteiger partial charge in [-0.15, -0.1) is 0 Å². The van der Waals surface area contributed by atoms with Crippen molar-refractivity contribution in [2.45, 2.75) is 38.4 Å². The summed E-state index contributed by atoms with van der Waals surface area (Å²) in [4.78, 5) is 16.1. The normalized spacial score (nSPS) is 23.8. The van der Waals surface area contributed by atoms with Crippen LogP contribution in [0.4, 0.5) is 0 Å². The summed E-state index contributed by atoms with van der Waals surface area (Å²) in [7, 11) is 0. The number of carbonyl (C=O) groups excluding carboxylic acids is 1. The Morgan fingerprint density at radius 3 is 2.20 bits per heavy atom. The van der Waals surface area contributed by atoms with Gasteiger partial charge < -0.3 is 10.6 Å². The molecule has 4 nitrogen and oxygen atoms in total. The van der Waals surface area contributed by atoms with Crippen LogP contribution in [0.2, 0.25) is 0 Å². The number of amides is 1. The highest BCUT2D eigenvalue weighted by molar-refractivity contribution is 5.79. The molecule has 1 unspecified atom stereocenters. The number of rotatable bonds is 4. The molecular weight excluding hydrogens is 250 g/mol. The quantitative estimate of drug-likeness (QED) is 0.900. The van der Waals surface area contributed by atoms with E-state index in [9.17, 15) is 4.79 Å². The third kappa shape index (κ3) is 3.19. The molecule has 108 valence electrons. The van der Waals surface area contributed by atoms with Gasteiger partial charge in [-0.3, -0.25) is 9.69 Å². The average molecular weight is 273 g/mol. The molecule has 0 radical (unpaired) electrons. The van der Waals surface area contributed by atoms with E-state index in [1.807, 2.05) is 4.90 Å². The molecule has 2 saturated heterocycles. The smallest absolute Gasteiger partial charge is 0.224 e. The fourth-order valence-corrected chi connectivity index (χ4v) is 3.12. The van der Waals surface area contributed by atoms with Crippen molar-refractivity contribution in [1.29, 1.82) is 0 Å². The highest BCUT2D eigenvalue weighted by Crippen LogP contribution is 2.16. The van der Waals surface area contributed by atoms with Crippen LogP contribution in [0.3, 0.4) is 0 Å². The predicted molar refractivity (Wildman–Crippen MR) is 79.0 cm³/mol. The molecular formula is C16H23N3O. The Balaban J connectivity index is 1.57. The second-order valence-electron chi connectivity index (χ2n) is 6.04. The minimum atomic E-state index is 0.0111. The Hall–Kier alpha value is -1.39. The molecule has 1 atom stereocenters. The lowest BCUT2D eigenvalue weighted by atomic mass is 10.1. The maximum atomic E-state index is 11.7. The number of nitrogens with zero attached hydrogens (tertiary/aromatic N) is 2. The Labute approximate surface area is 120 Å². The van der Waals surface area contributed by atoms with Crippen molar-refractivity contribution in [3.05, 3.63) is 35.4 Å². The van der Waals surface area contributed by atoms with Gasteiger partial charge in [-0.05, 0) is 37.1 Å². The molecule has 0 aromatic heterocycles. The average Bonchev–Trinajstić information content (AvgIpc) is 3.03. The third-order valence-electron chi connectivity index (χ3n) is 4.25. The zero-order valence-electron chi connectivity index (χ0n) is 11.9. The fraction of sp³-hybridized carbons (Fsp3) is 0.562. The lowest BCUT2D eigenvalue weighted by Crippen LogP contribution is -2.27. The highest BCUT2D eigenvalue weighted by atomic mass is 16.2. The summed E-state index contributed by atoms with van der Waals surface area (Å²) < 4.78 is 0. The van der Waals surface area contributed by atoms with Crippen molar-refractivity contribution in [2.24, 2.45) is 5.73 Å². The van der Waals surface area contributed by atoms with E-state index in [1.165, 1.54) is 37.1 Å². The fourth-order valence-electron chi connectivity index (χ4n) is 3.12. The van der Waals surface area contributed by atoms with E-state index >= 15 is 0 Å². The van der Waals surface area contributed by atoms with Crippen molar-refractivity contribution < 1.29 is 4.79 Å². The first-order chi connectivity index (χ1) is 9.70. The van der Waals surface area contributed by atoms with Crippen LogP contribution in [0.1, 0.15) is 30.4 Å². The maximum absolute atomic E-state index is 11.7. The second-order valence-corrected chi connectivity index (χ2v) is 6.04. The van der Waals surface area contributed by atoms with E-state index in [1.54, 1.807) is 0 Å². The first-order valence-electron chi connectivity index (χ1n) is 7.54. The van der Waals surface area contributed by atoms with Gasteiger partial charge in [-0.25, -0.2) is 0 Å². The predicted octanol–water partition coefficient (Wildman–Crippen LogP) is 1.34. The Morgan fingerprint density at radius 2 is 1.65 bits per heavy atom. The van der Waals surface area contributed by atoms with E-state index < -0.39 is 0 Å². The van der Waals surface area contributed by atoms with Crippen molar-refractivity contribution >= 4 is 5.91 Å². The number of nitrogens with two attached hydrogens (primary N) is 1. The summed E-state index contributed by atoms with van der Waals surface area (Å²) in [6, 6.07) is 8.67. The van der Waals surface area contributed by atoms with Crippen molar-refractivity contribution in [3.63, 3.8) is 0 Å². The molecule has 2 fully saturated rings. The Kier molecular flexibility index (Phi) is 4.03. The zero-order chi connectivity index (χ0) is 13.9. The minimum Gasteiger partial charge on any atom is -0.337 e. The topological polar surface area (TPSA) is 49.6 Å². The van der Waals surface area contributed by atoms with Crippen molar-refractivity contribution in [3.8, 4) is 0 Å². The molecule has 0 aliphatic carbocycles.